The topological polar surface area (TPSA) is 54.8 Å². The van der Waals surface area contributed by atoms with Gasteiger partial charge in [-0.25, -0.2) is 4.39 Å². The molecule has 1 aromatic heterocycles. The van der Waals surface area contributed by atoms with Crippen LogP contribution in [0.3, 0.4) is 0 Å². The first-order chi connectivity index (χ1) is 17.3. The van der Waals surface area contributed by atoms with Crippen molar-refractivity contribution in [2.75, 3.05) is 31.2 Å². The van der Waals surface area contributed by atoms with Gasteiger partial charge in [0.1, 0.15) is 5.82 Å². The van der Waals surface area contributed by atoms with Gasteiger partial charge >= 0.3 is 0 Å². The Balaban J connectivity index is 1.40. The predicted octanol–water partition coefficient (Wildman–Crippen LogP) is 6.07. The Bertz CT molecular complexity index is 1380. The molecule has 0 saturated carbocycles. The summed E-state index contributed by atoms with van der Waals surface area (Å²) >= 11 is 4.62. The normalized spacial score (nSPS) is 17.5. The van der Waals surface area contributed by atoms with Gasteiger partial charge < -0.3 is 14.2 Å². The van der Waals surface area contributed by atoms with Crippen LogP contribution in [0.5, 0.6) is 0 Å². The van der Waals surface area contributed by atoms with Crippen LogP contribution >= 0.6 is 27.7 Å². The molecule has 2 aliphatic rings. The molecule has 2 aromatic carbocycles. The Hall–Kier alpha value is -2.88. The quantitative estimate of drug-likeness (QED) is 0.349. The van der Waals surface area contributed by atoms with Crippen LogP contribution in [0.25, 0.3) is 11.8 Å². The maximum Gasteiger partial charge on any atom is 0.293 e. The van der Waals surface area contributed by atoms with Crippen molar-refractivity contribution in [3.8, 4) is 5.69 Å². The molecule has 2 fully saturated rings. The molecule has 6 nitrogen and oxygen atoms in total. The number of benzene rings is 2. The molecule has 9 heteroatoms. The minimum Gasteiger partial charge on any atom is -0.378 e. The van der Waals surface area contributed by atoms with Crippen molar-refractivity contribution >= 4 is 50.6 Å². The molecule has 0 bridgehead atoms. The molecule has 0 spiro atoms. The lowest BCUT2D eigenvalue weighted by Crippen LogP contribution is -2.36. The Kier molecular flexibility index (Phi) is 7.05. The largest absolute Gasteiger partial charge is 0.378 e. The fraction of sp³-hybridized carbons (Fsp3) is 0.259. The summed E-state index contributed by atoms with van der Waals surface area (Å²) in [5, 5.41) is -0.397. The zero-order valence-corrected chi connectivity index (χ0v) is 22.4. The van der Waals surface area contributed by atoms with Crippen molar-refractivity contribution in [3.05, 3.63) is 86.2 Å². The van der Waals surface area contributed by atoms with Crippen molar-refractivity contribution in [1.82, 2.24) is 9.47 Å². The molecular weight excluding hydrogens is 545 g/mol. The van der Waals surface area contributed by atoms with Crippen LogP contribution in [0, 0.1) is 19.7 Å². The number of rotatable bonds is 5. The van der Waals surface area contributed by atoms with Gasteiger partial charge in [-0.15, -0.1) is 0 Å². The smallest absolute Gasteiger partial charge is 0.293 e. The number of hydrogen-bond donors (Lipinski definition) is 0. The first-order valence-electron chi connectivity index (χ1n) is 11.6. The van der Waals surface area contributed by atoms with Crippen molar-refractivity contribution in [3.63, 3.8) is 0 Å². The number of halogens is 2. The number of anilines is 1. The van der Waals surface area contributed by atoms with Crippen LogP contribution in [0.15, 0.2) is 57.9 Å². The van der Waals surface area contributed by atoms with E-state index in [1.807, 2.05) is 19.9 Å². The van der Waals surface area contributed by atoms with Gasteiger partial charge in [0.2, 0.25) is 0 Å². The number of amides is 2. The van der Waals surface area contributed by atoms with Gasteiger partial charge in [0, 0.05) is 40.2 Å². The van der Waals surface area contributed by atoms with Crippen molar-refractivity contribution in [2.24, 2.45) is 0 Å². The van der Waals surface area contributed by atoms with E-state index in [0.29, 0.717) is 10.5 Å². The molecule has 0 N–H and O–H groups in total. The van der Waals surface area contributed by atoms with E-state index in [9.17, 15) is 14.0 Å². The Morgan fingerprint density at radius 3 is 2.56 bits per heavy atom. The molecule has 2 amide bonds. The maximum absolute atomic E-state index is 14.1. The summed E-state index contributed by atoms with van der Waals surface area (Å²) in [4.78, 5) is 29.3. The van der Waals surface area contributed by atoms with Crippen molar-refractivity contribution in [2.45, 2.75) is 20.4 Å². The summed E-state index contributed by atoms with van der Waals surface area (Å²) in [7, 11) is 0. The molecule has 0 atom stereocenters. The van der Waals surface area contributed by atoms with Gasteiger partial charge in [-0.05, 0) is 83.5 Å². The van der Waals surface area contributed by atoms with Gasteiger partial charge in [-0.3, -0.25) is 14.5 Å². The van der Waals surface area contributed by atoms with Crippen LogP contribution in [0.4, 0.5) is 14.9 Å². The van der Waals surface area contributed by atoms with Crippen LogP contribution in [0.1, 0.15) is 22.5 Å². The zero-order valence-electron chi connectivity index (χ0n) is 20.0. The van der Waals surface area contributed by atoms with E-state index in [4.69, 9.17) is 4.74 Å². The minimum absolute atomic E-state index is 0.0861. The first kappa shape index (κ1) is 24.8. The highest BCUT2D eigenvalue weighted by Crippen LogP contribution is 2.36. The maximum atomic E-state index is 14.1. The van der Waals surface area contributed by atoms with Gasteiger partial charge in [-0.2, -0.15) is 0 Å². The molecule has 3 aromatic rings. The highest BCUT2D eigenvalue weighted by atomic mass is 79.9. The van der Waals surface area contributed by atoms with Crippen molar-refractivity contribution < 1.29 is 18.7 Å². The number of hydrogen-bond acceptors (Lipinski definition) is 5. The van der Waals surface area contributed by atoms with E-state index in [0.717, 1.165) is 75.8 Å². The molecule has 0 aliphatic carbocycles. The minimum atomic E-state index is -0.435. The number of aromatic nitrogens is 1. The van der Waals surface area contributed by atoms with E-state index in [2.05, 4.69) is 43.6 Å². The lowest BCUT2D eigenvalue weighted by atomic mass is 10.2. The Morgan fingerprint density at radius 1 is 1.08 bits per heavy atom. The Labute approximate surface area is 221 Å². The van der Waals surface area contributed by atoms with Crippen molar-refractivity contribution in [1.29, 1.82) is 0 Å². The van der Waals surface area contributed by atoms with Gasteiger partial charge in [0.05, 0.1) is 30.4 Å². The summed E-state index contributed by atoms with van der Waals surface area (Å²) in [6.07, 6.45) is 1.75. The number of aryl methyl sites for hydroxylation is 1. The van der Waals surface area contributed by atoms with E-state index in [1.54, 1.807) is 24.3 Å². The average molecular weight is 570 g/mol. The molecule has 3 heterocycles. The van der Waals surface area contributed by atoms with E-state index >= 15 is 0 Å². The summed E-state index contributed by atoms with van der Waals surface area (Å²) in [5.41, 5.74) is 5.27. The number of thioether (sulfide) groups is 1. The number of carbonyl (C=O) groups excluding carboxylic acids is 2. The Morgan fingerprint density at radius 2 is 1.83 bits per heavy atom. The lowest BCUT2D eigenvalue weighted by Gasteiger charge is -2.30. The summed E-state index contributed by atoms with van der Waals surface area (Å²) in [6.45, 7) is 7.07. The van der Waals surface area contributed by atoms with Crippen LogP contribution in [-0.2, 0) is 16.1 Å². The SMILES string of the molecule is Cc1cc(/C=C2\SC(=O)N(Cc3ccccc3F)C2=O)c(C)n1-c1ccc(N2CCOCC2)c(Br)c1. The second kappa shape index (κ2) is 10.2. The van der Waals surface area contributed by atoms with Gasteiger partial charge in [0.15, 0.2) is 0 Å². The molecule has 5 rings (SSSR count). The molecule has 36 heavy (non-hydrogen) atoms. The van der Waals surface area contributed by atoms with E-state index in [1.165, 1.54) is 6.07 Å². The second-order valence-electron chi connectivity index (χ2n) is 8.76. The third-order valence-corrected chi connectivity index (χ3v) is 8.00. The molecule has 2 aliphatic heterocycles. The fourth-order valence-electron chi connectivity index (χ4n) is 4.60. The third kappa shape index (κ3) is 4.75. The summed E-state index contributed by atoms with van der Waals surface area (Å²) in [5.74, 6) is -0.842. The summed E-state index contributed by atoms with van der Waals surface area (Å²) < 4.78 is 22.7. The second-order valence-corrected chi connectivity index (χ2v) is 10.6. The number of nitrogens with zero attached hydrogens (tertiary/aromatic N) is 3. The van der Waals surface area contributed by atoms with Crippen LogP contribution < -0.4 is 4.90 Å². The third-order valence-electron chi connectivity index (χ3n) is 6.46. The highest BCUT2D eigenvalue weighted by Gasteiger charge is 2.35. The molecule has 0 radical (unpaired) electrons. The van der Waals surface area contributed by atoms with Gasteiger partial charge in [-0.1, -0.05) is 18.2 Å². The standard InChI is InChI=1S/C27H25BrFN3O3S/c1-17-13-20(14-25-26(33)31(27(34)36-25)16-19-5-3-4-6-23(19)29)18(2)32(17)21-7-8-24(22(28)15-21)30-9-11-35-12-10-30/h3-8,13-15H,9-12,16H2,1-2H3/b25-14-. The number of morpholine rings is 1. The molecule has 0 unspecified atom stereocenters. The molecular formula is C27H25BrFN3O3S. The molecule has 186 valence electrons. The number of imide groups is 1. The van der Waals surface area contributed by atoms with Crippen LogP contribution in [0.2, 0.25) is 0 Å². The lowest BCUT2D eigenvalue weighted by molar-refractivity contribution is -0.123. The highest BCUT2D eigenvalue weighted by molar-refractivity contribution is 9.10. The summed E-state index contributed by atoms with van der Waals surface area (Å²) in [6, 6.07) is 14.5. The number of carbonyl (C=O) groups is 2. The monoisotopic (exact) mass is 569 g/mol. The average Bonchev–Trinajstić information content (AvgIpc) is 3.29. The van der Waals surface area contributed by atoms with Gasteiger partial charge in [0.25, 0.3) is 11.1 Å². The predicted molar refractivity (Wildman–Crippen MR) is 144 cm³/mol. The van der Waals surface area contributed by atoms with E-state index < -0.39 is 17.0 Å². The van der Waals surface area contributed by atoms with E-state index in [-0.39, 0.29) is 6.54 Å². The zero-order chi connectivity index (χ0) is 25.4. The molecule has 2 saturated heterocycles. The van der Waals surface area contributed by atoms with Crippen LogP contribution in [-0.4, -0.2) is 46.9 Å². The fourth-order valence-corrected chi connectivity index (χ4v) is 6.05. The first-order valence-corrected chi connectivity index (χ1v) is 13.2. The number of ether oxygens (including phenoxy) is 1.